The van der Waals surface area contributed by atoms with E-state index in [1.54, 1.807) is 13.4 Å². The highest BCUT2D eigenvalue weighted by Gasteiger charge is 2.30. The van der Waals surface area contributed by atoms with Crippen LogP contribution in [-0.2, 0) is 24.9 Å². The molecule has 2 rings (SSSR count). The van der Waals surface area contributed by atoms with Gasteiger partial charge in [-0.2, -0.15) is 9.97 Å². The number of hydrogen-bond acceptors (Lipinski definition) is 9. The molecule has 2 aromatic heterocycles. The van der Waals surface area contributed by atoms with Gasteiger partial charge in [0.2, 0.25) is 11.8 Å². The van der Waals surface area contributed by atoms with Gasteiger partial charge in [-0.1, -0.05) is 19.3 Å². The molecule has 168 valence electrons. The second-order valence-electron chi connectivity index (χ2n) is 6.58. The van der Waals surface area contributed by atoms with Gasteiger partial charge < -0.3 is 29.6 Å². The lowest BCUT2D eigenvalue weighted by Crippen LogP contribution is -2.08. The fraction of sp³-hybridized carbons (Fsp3) is 0.688. The van der Waals surface area contributed by atoms with Crippen LogP contribution in [0.2, 0.25) is 0 Å². The Morgan fingerprint density at radius 3 is 2.60 bits per heavy atom. The van der Waals surface area contributed by atoms with E-state index >= 15 is 0 Å². The van der Waals surface area contributed by atoms with Crippen molar-refractivity contribution in [3.8, 4) is 5.88 Å². The zero-order chi connectivity index (χ0) is 22.0. The van der Waals surface area contributed by atoms with Crippen LogP contribution in [0, 0.1) is 0 Å². The van der Waals surface area contributed by atoms with Crippen LogP contribution in [0.5, 0.6) is 5.88 Å². The Balaban J connectivity index is 1.70. The van der Waals surface area contributed by atoms with Gasteiger partial charge in [-0.15, -0.1) is 4.52 Å². The highest BCUT2D eigenvalue weighted by Crippen LogP contribution is 2.45. The number of unbranched alkanes of at least 4 members (excludes halogenated alkanes) is 4. The van der Waals surface area contributed by atoms with Crippen molar-refractivity contribution < 1.29 is 32.9 Å². The van der Waals surface area contributed by atoms with E-state index in [2.05, 4.69) is 15.0 Å². The molecule has 0 amide bonds. The molecule has 0 bridgehead atoms. The first-order chi connectivity index (χ1) is 14.3. The molecule has 0 fully saturated rings. The number of anilines is 1. The molecule has 0 aliphatic carbocycles. The Morgan fingerprint density at radius 2 is 1.87 bits per heavy atom. The molecule has 0 spiro atoms. The third kappa shape index (κ3) is 8.59. The van der Waals surface area contributed by atoms with Gasteiger partial charge >= 0.3 is 15.6 Å². The van der Waals surface area contributed by atoms with E-state index in [4.69, 9.17) is 29.5 Å². The molecule has 30 heavy (non-hydrogen) atoms. The fourth-order valence-electron chi connectivity index (χ4n) is 2.69. The van der Waals surface area contributed by atoms with Gasteiger partial charge in [0.05, 0.1) is 12.9 Å². The summed E-state index contributed by atoms with van der Waals surface area (Å²) in [6.45, 7) is 1.71. The second-order valence-corrected chi connectivity index (χ2v) is 9.96. The first-order valence-corrected chi connectivity index (χ1v) is 12.7. The predicted octanol–water partition coefficient (Wildman–Crippen LogP) is 2.28. The molecule has 4 N–H and O–H groups in total. The van der Waals surface area contributed by atoms with Gasteiger partial charge in [0.15, 0.2) is 11.2 Å². The highest BCUT2D eigenvalue weighted by atomic mass is 31.2. The van der Waals surface area contributed by atoms with E-state index in [9.17, 15) is 9.13 Å². The SMILES string of the molecule is COCCOc1nc(N)nc2c1ncn2CCCCCCCO[P+](=O)CP(=O)(O)O. The summed E-state index contributed by atoms with van der Waals surface area (Å²) >= 11 is 0. The Morgan fingerprint density at radius 1 is 1.13 bits per heavy atom. The number of rotatable bonds is 15. The molecule has 2 heterocycles. The van der Waals surface area contributed by atoms with Crippen LogP contribution in [0.3, 0.4) is 0 Å². The van der Waals surface area contributed by atoms with Crippen LogP contribution in [0.15, 0.2) is 6.33 Å². The third-order valence-corrected chi connectivity index (χ3v) is 6.92. The number of aromatic nitrogens is 4. The van der Waals surface area contributed by atoms with E-state index in [1.807, 2.05) is 4.57 Å². The zero-order valence-electron chi connectivity index (χ0n) is 16.8. The minimum Gasteiger partial charge on any atom is -0.474 e. The van der Waals surface area contributed by atoms with Crippen molar-refractivity contribution in [2.75, 3.05) is 38.6 Å². The lowest BCUT2D eigenvalue weighted by molar-refractivity contribution is 0.144. The largest absolute Gasteiger partial charge is 0.521 e. The van der Waals surface area contributed by atoms with Crippen LogP contribution in [0.1, 0.15) is 32.1 Å². The second kappa shape index (κ2) is 12.2. The van der Waals surface area contributed by atoms with Crippen LogP contribution < -0.4 is 10.5 Å². The Bertz CT molecular complexity index is 873. The lowest BCUT2D eigenvalue weighted by Gasteiger charge is -2.07. The summed E-state index contributed by atoms with van der Waals surface area (Å²) in [4.78, 5) is 30.1. The van der Waals surface area contributed by atoms with E-state index < -0.39 is 21.5 Å². The Kier molecular flexibility index (Phi) is 10.0. The molecule has 1 atom stereocenters. The maximum absolute atomic E-state index is 11.3. The van der Waals surface area contributed by atoms with Crippen LogP contribution in [0.25, 0.3) is 11.2 Å². The van der Waals surface area contributed by atoms with Crippen molar-refractivity contribution in [2.24, 2.45) is 0 Å². The Hall–Kier alpha value is -1.68. The predicted molar refractivity (Wildman–Crippen MR) is 111 cm³/mol. The average molecular weight is 464 g/mol. The normalized spacial score (nSPS) is 12.4. The molecule has 0 aliphatic rings. The first kappa shape index (κ1) is 24.6. The summed E-state index contributed by atoms with van der Waals surface area (Å²) in [6, 6.07) is 0. The number of nitrogens with two attached hydrogens (primary N) is 1. The van der Waals surface area contributed by atoms with Crippen molar-refractivity contribution >= 4 is 32.7 Å². The molecule has 0 saturated heterocycles. The summed E-state index contributed by atoms with van der Waals surface area (Å²) in [7, 11) is -5.02. The van der Waals surface area contributed by atoms with Gasteiger partial charge in [0.1, 0.15) is 13.2 Å². The average Bonchev–Trinajstić information content (AvgIpc) is 3.05. The molecule has 12 nitrogen and oxygen atoms in total. The molecule has 14 heteroatoms. The topological polar surface area (TPSA) is 172 Å². The van der Waals surface area contributed by atoms with Crippen molar-refractivity contribution in [3.05, 3.63) is 6.33 Å². The van der Waals surface area contributed by atoms with E-state index in [0.29, 0.717) is 36.7 Å². The minimum atomic E-state index is -4.29. The number of imidazole rings is 1. The number of nitrogens with zero attached hydrogens (tertiary/aromatic N) is 4. The van der Waals surface area contributed by atoms with Crippen molar-refractivity contribution in [2.45, 2.75) is 38.6 Å². The molecule has 1 unspecified atom stereocenters. The van der Waals surface area contributed by atoms with Crippen LogP contribution >= 0.6 is 15.6 Å². The third-order valence-electron chi connectivity index (χ3n) is 4.05. The summed E-state index contributed by atoms with van der Waals surface area (Å²) in [6.07, 6.45) is 6.06. The zero-order valence-corrected chi connectivity index (χ0v) is 18.6. The van der Waals surface area contributed by atoms with E-state index in [1.165, 1.54) is 0 Å². The lowest BCUT2D eigenvalue weighted by atomic mass is 10.1. The van der Waals surface area contributed by atoms with Crippen LogP contribution in [0.4, 0.5) is 5.95 Å². The molecule has 2 aromatic rings. The minimum absolute atomic E-state index is 0.119. The summed E-state index contributed by atoms with van der Waals surface area (Å²) in [5.74, 6) is -0.270. The Labute approximate surface area is 175 Å². The summed E-state index contributed by atoms with van der Waals surface area (Å²) in [5.41, 5.74) is 6.96. The van der Waals surface area contributed by atoms with Gasteiger partial charge in [0.25, 0.3) is 5.90 Å². The number of aryl methyl sites for hydroxylation is 1. The molecular weight excluding hydrogens is 436 g/mol. The number of nitrogen functional groups attached to an aromatic ring is 1. The van der Waals surface area contributed by atoms with Crippen molar-refractivity contribution in [3.63, 3.8) is 0 Å². The molecule has 0 radical (unpaired) electrons. The summed E-state index contributed by atoms with van der Waals surface area (Å²) < 4.78 is 39.5. The molecule has 0 aromatic carbocycles. The molecular formula is C16H28N5O7P2+. The fourth-order valence-corrected chi connectivity index (χ4v) is 4.56. The van der Waals surface area contributed by atoms with Crippen LogP contribution in [-0.4, -0.2) is 62.1 Å². The monoisotopic (exact) mass is 464 g/mol. The maximum Gasteiger partial charge on any atom is 0.521 e. The summed E-state index contributed by atoms with van der Waals surface area (Å²) in [5, 5.41) is 0. The van der Waals surface area contributed by atoms with Gasteiger partial charge in [0, 0.05) is 13.7 Å². The first-order valence-electron chi connectivity index (χ1n) is 9.52. The van der Waals surface area contributed by atoms with Gasteiger partial charge in [-0.3, -0.25) is 4.57 Å². The number of ether oxygens (including phenoxy) is 2. The molecule has 0 saturated carbocycles. The highest BCUT2D eigenvalue weighted by molar-refractivity contribution is 7.64. The van der Waals surface area contributed by atoms with Crippen molar-refractivity contribution in [1.29, 1.82) is 0 Å². The number of fused-ring (bicyclic) bond motifs is 1. The van der Waals surface area contributed by atoms with Crippen molar-refractivity contribution in [1.82, 2.24) is 19.5 Å². The molecule has 0 aliphatic heterocycles. The quantitative estimate of drug-likeness (QED) is 0.261. The van der Waals surface area contributed by atoms with Gasteiger partial charge in [-0.05, 0) is 17.4 Å². The van der Waals surface area contributed by atoms with E-state index in [-0.39, 0.29) is 12.6 Å². The standard InChI is InChI=1S/C16H27N5O7P2/c1-26-9-10-27-15-13-14(19-16(17)20-15)21(11-18-13)7-5-3-2-4-6-8-28-29(22)12-30(23,24)25/h11H,2-10,12H2,1H3,(H3-,17,19,20,23,24,25)/p+1. The van der Waals surface area contributed by atoms with Gasteiger partial charge in [-0.25, -0.2) is 4.98 Å². The maximum atomic E-state index is 11.3. The smallest absolute Gasteiger partial charge is 0.474 e. The van der Waals surface area contributed by atoms with E-state index in [0.717, 1.165) is 32.2 Å². The number of hydrogen-bond donors (Lipinski definition) is 3. The number of methoxy groups -OCH3 is 1.